The lowest BCUT2D eigenvalue weighted by molar-refractivity contribution is 0.294. The molecule has 0 aliphatic rings. The van der Waals surface area contributed by atoms with E-state index in [4.69, 9.17) is 21.1 Å². The van der Waals surface area contributed by atoms with Crippen LogP contribution in [0.3, 0.4) is 0 Å². The third kappa shape index (κ3) is 5.10. The van der Waals surface area contributed by atoms with Crippen LogP contribution in [0.2, 0.25) is 4.34 Å². The van der Waals surface area contributed by atoms with Crippen molar-refractivity contribution >= 4 is 54.7 Å². The molecule has 0 bridgehead atoms. The Hall–Kier alpha value is -1.88. The van der Waals surface area contributed by atoms with Crippen LogP contribution < -0.4 is 14.2 Å². The molecule has 3 aromatic rings. The molecule has 0 saturated heterocycles. The second kappa shape index (κ2) is 8.42. The van der Waals surface area contributed by atoms with Crippen LogP contribution in [0, 0.1) is 0 Å². The van der Waals surface area contributed by atoms with Gasteiger partial charge >= 0.3 is 0 Å². The van der Waals surface area contributed by atoms with Crippen LogP contribution in [0.25, 0.3) is 0 Å². The summed E-state index contributed by atoms with van der Waals surface area (Å²) in [6.07, 6.45) is 1.37. The molecule has 3 rings (SSSR count). The van der Waals surface area contributed by atoms with Gasteiger partial charge in [0.05, 0.1) is 17.6 Å². The number of sulfonamides is 1. The van der Waals surface area contributed by atoms with Crippen LogP contribution >= 0.6 is 38.9 Å². The smallest absolute Gasteiger partial charge is 0.272 e. The number of nitrogens with zero attached hydrogens (tertiary/aromatic N) is 2. The minimum absolute atomic E-state index is 0.0174. The zero-order chi connectivity index (χ0) is 19.4. The van der Waals surface area contributed by atoms with E-state index in [0.717, 1.165) is 22.6 Å². The molecule has 142 valence electrons. The summed E-state index contributed by atoms with van der Waals surface area (Å²) < 4.78 is 39.0. The third-order valence-electron chi connectivity index (χ3n) is 3.29. The zero-order valence-electron chi connectivity index (χ0n) is 13.8. The summed E-state index contributed by atoms with van der Waals surface area (Å²) in [6.45, 7) is 0.175. The summed E-state index contributed by atoms with van der Waals surface area (Å²) in [6, 6.07) is 10.2. The minimum Gasteiger partial charge on any atom is -0.497 e. The van der Waals surface area contributed by atoms with Gasteiger partial charge in [-0.15, -0.1) is 11.3 Å². The molecule has 11 heteroatoms. The summed E-state index contributed by atoms with van der Waals surface area (Å²) in [7, 11) is -2.26. The van der Waals surface area contributed by atoms with Crippen LogP contribution in [-0.4, -0.2) is 25.5 Å². The number of anilines is 1. The van der Waals surface area contributed by atoms with Gasteiger partial charge in [-0.05, 0) is 45.8 Å². The Bertz CT molecular complexity index is 1040. The van der Waals surface area contributed by atoms with Crippen molar-refractivity contribution in [2.75, 3.05) is 11.8 Å². The molecular weight excluding hydrogens is 478 g/mol. The van der Waals surface area contributed by atoms with Gasteiger partial charge in [-0.25, -0.2) is 18.4 Å². The first kappa shape index (κ1) is 19.9. The lowest BCUT2D eigenvalue weighted by Crippen LogP contribution is -2.14. The average Bonchev–Trinajstić information content (AvgIpc) is 3.09. The summed E-state index contributed by atoms with van der Waals surface area (Å²) >= 11 is 9.97. The fraction of sp³-hybridized carbons (Fsp3) is 0.125. The molecule has 0 fully saturated rings. The van der Waals surface area contributed by atoms with Crippen molar-refractivity contribution in [2.24, 2.45) is 0 Å². The highest BCUT2D eigenvalue weighted by atomic mass is 79.9. The first-order valence-corrected chi connectivity index (χ1v) is 10.9. The van der Waals surface area contributed by atoms with E-state index in [2.05, 4.69) is 30.6 Å². The van der Waals surface area contributed by atoms with E-state index in [-0.39, 0.29) is 22.5 Å². The Balaban J connectivity index is 1.80. The SMILES string of the molecule is COc1ccc(COc2nc(Br)cnc2NS(=O)(=O)c2ccc(Cl)s2)cc1. The van der Waals surface area contributed by atoms with E-state index in [1.807, 2.05) is 12.1 Å². The highest BCUT2D eigenvalue weighted by Crippen LogP contribution is 2.29. The topological polar surface area (TPSA) is 90.4 Å². The standard InChI is InChI=1S/C16H13BrClN3O4S2/c1-24-11-4-2-10(3-5-11)9-25-16-15(19-8-12(17)20-16)21-27(22,23)14-7-6-13(18)26-14/h2-8H,9H2,1H3,(H,19,21). The number of ether oxygens (including phenoxy) is 2. The maximum absolute atomic E-state index is 12.5. The summed E-state index contributed by atoms with van der Waals surface area (Å²) in [5, 5.41) is 0. The lowest BCUT2D eigenvalue weighted by Gasteiger charge is -2.11. The largest absolute Gasteiger partial charge is 0.497 e. The first-order chi connectivity index (χ1) is 12.9. The first-order valence-electron chi connectivity index (χ1n) is 7.44. The Morgan fingerprint density at radius 2 is 1.96 bits per heavy atom. The van der Waals surface area contributed by atoms with Crippen molar-refractivity contribution in [3.63, 3.8) is 0 Å². The number of aromatic nitrogens is 2. The Labute approximate surface area is 173 Å². The average molecular weight is 491 g/mol. The number of rotatable bonds is 7. The number of halogens is 2. The van der Waals surface area contributed by atoms with Crippen LogP contribution in [0.4, 0.5) is 5.82 Å². The second-order valence-electron chi connectivity index (χ2n) is 5.15. The monoisotopic (exact) mass is 489 g/mol. The van der Waals surface area contributed by atoms with Crippen LogP contribution in [0.1, 0.15) is 5.56 Å². The molecule has 27 heavy (non-hydrogen) atoms. The van der Waals surface area contributed by atoms with Crippen molar-refractivity contribution in [3.05, 3.63) is 57.1 Å². The lowest BCUT2D eigenvalue weighted by atomic mass is 10.2. The molecule has 0 radical (unpaired) electrons. The molecule has 1 N–H and O–H groups in total. The van der Waals surface area contributed by atoms with Gasteiger partial charge in [-0.3, -0.25) is 4.72 Å². The normalized spacial score (nSPS) is 11.2. The zero-order valence-corrected chi connectivity index (χ0v) is 17.8. The predicted octanol–water partition coefficient (Wildman–Crippen LogP) is 4.34. The molecule has 0 saturated carbocycles. The van der Waals surface area contributed by atoms with E-state index in [1.165, 1.54) is 18.3 Å². The number of nitrogens with one attached hydrogen (secondary N) is 1. The Kier molecular flexibility index (Phi) is 6.20. The summed E-state index contributed by atoms with van der Waals surface area (Å²) in [4.78, 5) is 8.22. The molecule has 0 aliphatic carbocycles. The maximum Gasteiger partial charge on any atom is 0.272 e. The molecule has 0 unspecified atom stereocenters. The van der Waals surface area contributed by atoms with Crippen LogP contribution in [0.5, 0.6) is 11.6 Å². The van der Waals surface area contributed by atoms with Gasteiger partial charge < -0.3 is 9.47 Å². The number of methoxy groups -OCH3 is 1. The van der Waals surface area contributed by atoms with Gasteiger partial charge in [0.2, 0.25) is 5.82 Å². The van der Waals surface area contributed by atoms with E-state index in [1.54, 1.807) is 19.2 Å². The number of hydrogen-bond donors (Lipinski definition) is 1. The second-order valence-corrected chi connectivity index (χ2v) is 9.58. The van der Waals surface area contributed by atoms with Crippen molar-refractivity contribution in [1.82, 2.24) is 9.97 Å². The Morgan fingerprint density at radius 3 is 2.59 bits per heavy atom. The van der Waals surface area contributed by atoms with Crippen molar-refractivity contribution in [3.8, 4) is 11.6 Å². The number of thiophene rings is 1. The van der Waals surface area contributed by atoms with Crippen molar-refractivity contribution < 1.29 is 17.9 Å². The van der Waals surface area contributed by atoms with E-state index in [0.29, 0.717) is 8.94 Å². The molecule has 2 aromatic heterocycles. The molecule has 0 spiro atoms. The van der Waals surface area contributed by atoms with Gasteiger partial charge in [-0.2, -0.15) is 0 Å². The van der Waals surface area contributed by atoms with Crippen LogP contribution in [0.15, 0.2) is 51.4 Å². The van der Waals surface area contributed by atoms with Gasteiger partial charge in [-0.1, -0.05) is 23.7 Å². The van der Waals surface area contributed by atoms with Crippen molar-refractivity contribution in [2.45, 2.75) is 10.8 Å². The minimum atomic E-state index is -3.85. The highest BCUT2D eigenvalue weighted by Gasteiger charge is 2.21. The van der Waals surface area contributed by atoms with Gasteiger partial charge in [0, 0.05) is 0 Å². The molecular formula is C16H13BrClN3O4S2. The fourth-order valence-electron chi connectivity index (χ4n) is 2.02. The highest BCUT2D eigenvalue weighted by molar-refractivity contribution is 9.10. The summed E-state index contributed by atoms with van der Waals surface area (Å²) in [5.74, 6) is 0.756. The fourth-order valence-corrected chi connectivity index (χ4v) is 4.77. The quantitative estimate of drug-likeness (QED) is 0.530. The number of benzene rings is 1. The molecule has 7 nitrogen and oxygen atoms in total. The van der Waals surface area contributed by atoms with E-state index < -0.39 is 10.0 Å². The summed E-state index contributed by atoms with van der Waals surface area (Å²) in [5.41, 5.74) is 0.858. The third-order valence-corrected chi connectivity index (χ3v) is 6.73. The van der Waals surface area contributed by atoms with E-state index in [9.17, 15) is 8.42 Å². The molecule has 0 atom stereocenters. The molecule has 2 heterocycles. The van der Waals surface area contributed by atoms with Crippen molar-refractivity contribution in [1.29, 1.82) is 0 Å². The van der Waals surface area contributed by atoms with Gasteiger partial charge in [0.15, 0.2) is 0 Å². The van der Waals surface area contributed by atoms with Gasteiger partial charge in [0.1, 0.15) is 21.2 Å². The number of hydrogen-bond acceptors (Lipinski definition) is 7. The van der Waals surface area contributed by atoms with E-state index >= 15 is 0 Å². The molecule has 0 amide bonds. The maximum atomic E-state index is 12.5. The Morgan fingerprint density at radius 1 is 1.22 bits per heavy atom. The van der Waals surface area contributed by atoms with Gasteiger partial charge in [0.25, 0.3) is 15.9 Å². The predicted molar refractivity (Wildman–Crippen MR) is 107 cm³/mol. The molecule has 0 aliphatic heterocycles. The van der Waals surface area contributed by atoms with Crippen LogP contribution in [-0.2, 0) is 16.6 Å². The molecule has 1 aromatic carbocycles.